The molecule has 0 N–H and O–H groups in total. The highest BCUT2D eigenvalue weighted by Crippen LogP contribution is 2.29. The van der Waals surface area contributed by atoms with Crippen LogP contribution in [-0.4, -0.2) is 16.3 Å². The van der Waals surface area contributed by atoms with Crippen molar-refractivity contribution in [2.24, 2.45) is 5.92 Å². The van der Waals surface area contributed by atoms with Crippen LogP contribution in [0.2, 0.25) is 4.78 Å². The Bertz CT molecular complexity index is 60.0. The van der Waals surface area contributed by atoms with Crippen LogP contribution in [0.15, 0.2) is 0 Å². The third kappa shape index (κ3) is 4.25. The van der Waals surface area contributed by atoms with Gasteiger partial charge in [0.05, 0.1) is 0 Å². The summed E-state index contributed by atoms with van der Waals surface area (Å²) in [6, 6.07) is 0. The van der Waals surface area contributed by atoms with Gasteiger partial charge in [-0.15, -0.1) is 4.78 Å². The fourth-order valence-corrected chi connectivity index (χ4v) is 1.67. The molecule has 0 heterocycles. The van der Waals surface area contributed by atoms with Crippen molar-refractivity contribution in [3.63, 3.8) is 0 Å². The summed E-state index contributed by atoms with van der Waals surface area (Å²) in [5.41, 5.74) is 0. The van der Waals surface area contributed by atoms with Crippen molar-refractivity contribution in [1.29, 1.82) is 0 Å². The standard InChI is InChI=1S/C7H13.Al.2FH/c1-7-5-3-2-4-6-7;;;/h2,7H,3-6H2,1H3;;2*1H. The normalized spacial score (nSPS) is 31.7. The molecule has 1 aliphatic rings. The van der Waals surface area contributed by atoms with E-state index in [9.17, 15) is 0 Å². The molecule has 1 aliphatic carbocycles. The molecule has 10 heavy (non-hydrogen) atoms. The Morgan fingerprint density at radius 2 is 1.40 bits per heavy atom. The lowest BCUT2D eigenvalue weighted by atomic mass is 9.90. The minimum absolute atomic E-state index is 0. The zero-order valence-corrected chi connectivity index (χ0v) is 7.53. The van der Waals surface area contributed by atoms with Gasteiger partial charge in [0.1, 0.15) is 16.3 Å². The van der Waals surface area contributed by atoms with Crippen molar-refractivity contribution in [1.82, 2.24) is 0 Å². The Balaban J connectivity index is 0. The maximum Gasteiger partial charge on any atom is 0.123 e. The molecule has 0 aromatic rings. The number of rotatable bonds is 0. The van der Waals surface area contributed by atoms with Gasteiger partial charge in [-0.05, 0) is 5.92 Å². The van der Waals surface area contributed by atoms with E-state index in [0.29, 0.717) is 0 Å². The first kappa shape index (κ1) is 13.0. The van der Waals surface area contributed by atoms with E-state index in [1.165, 1.54) is 25.7 Å². The van der Waals surface area contributed by atoms with E-state index in [0.717, 1.165) is 10.7 Å². The van der Waals surface area contributed by atoms with Gasteiger partial charge in [-0.3, -0.25) is 9.41 Å². The maximum absolute atomic E-state index is 2.92. The predicted octanol–water partition coefficient (Wildman–Crippen LogP) is 2.46. The molecule has 0 aromatic heterocycles. The lowest BCUT2D eigenvalue weighted by molar-refractivity contribution is 0.386. The molecule has 2 radical (unpaired) electrons. The molecular weight excluding hydrogens is 149 g/mol. The first-order chi connectivity index (χ1) is 3.79. The molecule has 0 saturated heterocycles. The van der Waals surface area contributed by atoms with E-state index in [1.807, 2.05) is 0 Å². The zero-order chi connectivity index (χ0) is 5.98. The Morgan fingerprint density at radius 3 is 1.70 bits per heavy atom. The summed E-state index contributed by atoms with van der Waals surface area (Å²) < 4.78 is 0.936. The van der Waals surface area contributed by atoms with Gasteiger partial charge in [0.2, 0.25) is 0 Å². The van der Waals surface area contributed by atoms with Gasteiger partial charge in [-0.2, -0.15) is 0 Å². The van der Waals surface area contributed by atoms with Gasteiger partial charge < -0.3 is 0 Å². The molecule has 0 atom stereocenters. The highest BCUT2D eigenvalue weighted by molar-refractivity contribution is 6.11. The highest BCUT2D eigenvalue weighted by Gasteiger charge is 2.12. The molecule has 0 bridgehead atoms. The zero-order valence-electron chi connectivity index (χ0n) is 6.38. The fourth-order valence-electron chi connectivity index (χ4n) is 1.29. The third-order valence-corrected chi connectivity index (χ3v) is 2.73. The summed E-state index contributed by atoms with van der Waals surface area (Å²) in [4.78, 5) is 0. The van der Waals surface area contributed by atoms with E-state index in [2.05, 4.69) is 23.2 Å². The van der Waals surface area contributed by atoms with Crippen LogP contribution in [-0.2, 0) is 0 Å². The molecular formula is C7H15AlF2. The Morgan fingerprint density at radius 1 is 1.00 bits per heavy atom. The average Bonchev–Trinajstić information content (AvgIpc) is 1.77. The molecule has 0 aliphatic heterocycles. The lowest BCUT2D eigenvalue weighted by Gasteiger charge is -2.23. The summed E-state index contributed by atoms with van der Waals surface area (Å²) >= 11 is 2.92. The average molecular weight is 164 g/mol. The number of halogens is 2. The summed E-state index contributed by atoms with van der Waals surface area (Å²) in [7, 11) is 0. The molecule has 3 heteroatoms. The van der Waals surface area contributed by atoms with Crippen LogP contribution in [0.3, 0.4) is 0 Å². The number of hydrogen-bond acceptors (Lipinski definition) is 0. The lowest BCUT2D eigenvalue weighted by Crippen LogP contribution is -2.07. The van der Waals surface area contributed by atoms with Gasteiger partial charge in [0, 0.05) is 0 Å². The van der Waals surface area contributed by atoms with Crippen molar-refractivity contribution in [3.05, 3.63) is 0 Å². The first-order valence-corrected chi connectivity index (χ1v) is 4.21. The summed E-state index contributed by atoms with van der Waals surface area (Å²) in [6.45, 7) is 2.36. The molecule has 0 aromatic carbocycles. The van der Waals surface area contributed by atoms with Gasteiger partial charge in [-0.25, -0.2) is 0 Å². The minimum atomic E-state index is 0. The highest BCUT2D eigenvalue weighted by atomic mass is 27.0. The Hall–Kier alpha value is 0.392. The monoisotopic (exact) mass is 164 g/mol. The van der Waals surface area contributed by atoms with E-state index < -0.39 is 0 Å². The van der Waals surface area contributed by atoms with Gasteiger partial charge >= 0.3 is 0 Å². The van der Waals surface area contributed by atoms with Crippen LogP contribution in [0.5, 0.6) is 0 Å². The molecule has 1 rings (SSSR count). The van der Waals surface area contributed by atoms with Gasteiger partial charge in [0.15, 0.2) is 0 Å². The van der Waals surface area contributed by atoms with E-state index in [1.54, 1.807) is 0 Å². The van der Waals surface area contributed by atoms with Crippen LogP contribution in [0.4, 0.5) is 9.41 Å². The third-order valence-electron chi connectivity index (χ3n) is 2.06. The van der Waals surface area contributed by atoms with Crippen molar-refractivity contribution in [2.45, 2.75) is 37.4 Å². The summed E-state index contributed by atoms with van der Waals surface area (Å²) in [5, 5.41) is 0. The molecule has 1 fully saturated rings. The van der Waals surface area contributed by atoms with Gasteiger partial charge in [-0.1, -0.05) is 32.6 Å². The molecule has 1 saturated carbocycles. The topological polar surface area (TPSA) is 0 Å². The van der Waals surface area contributed by atoms with E-state index >= 15 is 0 Å². The van der Waals surface area contributed by atoms with Crippen LogP contribution < -0.4 is 0 Å². The Kier molecular flexibility index (Phi) is 7.97. The second kappa shape index (κ2) is 6.13. The second-order valence-corrected chi connectivity index (χ2v) is 3.96. The predicted molar refractivity (Wildman–Crippen MR) is 42.1 cm³/mol. The van der Waals surface area contributed by atoms with Crippen molar-refractivity contribution in [3.8, 4) is 0 Å². The van der Waals surface area contributed by atoms with Crippen LogP contribution in [0, 0.1) is 5.92 Å². The van der Waals surface area contributed by atoms with Crippen molar-refractivity contribution < 1.29 is 9.41 Å². The van der Waals surface area contributed by atoms with Crippen molar-refractivity contribution >= 4 is 16.3 Å². The molecule has 0 nitrogen and oxygen atoms in total. The van der Waals surface area contributed by atoms with Gasteiger partial charge in [0.25, 0.3) is 0 Å². The van der Waals surface area contributed by atoms with E-state index in [4.69, 9.17) is 0 Å². The maximum atomic E-state index is 2.92. The molecule has 0 spiro atoms. The van der Waals surface area contributed by atoms with Crippen LogP contribution >= 0.6 is 0 Å². The molecule has 60 valence electrons. The van der Waals surface area contributed by atoms with Crippen LogP contribution in [0.25, 0.3) is 0 Å². The molecule has 0 amide bonds. The Labute approximate surface area is 69.5 Å². The smallest absolute Gasteiger partial charge is 0.123 e. The minimum Gasteiger partial charge on any atom is -0.269 e. The van der Waals surface area contributed by atoms with Crippen LogP contribution in [0.1, 0.15) is 32.6 Å². The quantitative estimate of drug-likeness (QED) is 0.482. The van der Waals surface area contributed by atoms with Crippen molar-refractivity contribution in [2.75, 3.05) is 0 Å². The summed E-state index contributed by atoms with van der Waals surface area (Å²) in [6.07, 6.45) is 5.78. The fraction of sp³-hybridized carbons (Fsp3) is 1.00. The second-order valence-electron chi connectivity index (χ2n) is 3.02. The molecule has 0 unspecified atom stereocenters. The summed E-state index contributed by atoms with van der Waals surface area (Å²) in [5.74, 6) is 1.01. The first-order valence-electron chi connectivity index (χ1n) is 3.54. The van der Waals surface area contributed by atoms with E-state index in [-0.39, 0.29) is 9.41 Å². The number of hydrogen-bond donors (Lipinski definition) is 0. The largest absolute Gasteiger partial charge is 0.269 e. The SMILES string of the molecule is CC1CC[CH]([Al])CC1.F.F.